The van der Waals surface area contributed by atoms with Gasteiger partial charge in [-0.2, -0.15) is 0 Å². The predicted molar refractivity (Wildman–Crippen MR) is 51.7 cm³/mol. The van der Waals surface area contributed by atoms with Crippen molar-refractivity contribution in [2.75, 3.05) is 0 Å². The summed E-state index contributed by atoms with van der Waals surface area (Å²) in [5.41, 5.74) is 1.01. The number of nitrogens with zero attached hydrogens (tertiary/aromatic N) is 2. The molecule has 0 saturated carbocycles. The number of rotatable bonds is 3. The van der Waals surface area contributed by atoms with E-state index in [0.29, 0.717) is 10.8 Å². The highest BCUT2D eigenvalue weighted by molar-refractivity contribution is 9.10. The molecule has 1 aromatic rings. The van der Waals surface area contributed by atoms with Gasteiger partial charge in [0, 0.05) is 18.8 Å². The van der Waals surface area contributed by atoms with Crippen LogP contribution in [-0.4, -0.2) is 16.0 Å². The third-order valence-corrected chi connectivity index (χ3v) is 1.76. The average molecular weight is 230 g/mol. The van der Waals surface area contributed by atoms with Gasteiger partial charge in [0.1, 0.15) is 0 Å². The van der Waals surface area contributed by atoms with Gasteiger partial charge in [0.05, 0.1) is 5.69 Å². The summed E-state index contributed by atoms with van der Waals surface area (Å²) in [5, 5.41) is 3.28. The van der Waals surface area contributed by atoms with E-state index >= 15 is 0 Å². The van der Waals surface area contributed by atoms with Gasteiger partial charge in [-0.05, 0) is 22.0 Å². The maximum Gasteiger partial charge on any atom is 0.196 e. The molecule has 66 valence electrons. The van der Waals surface area contributed by atoms with Crippen LogP contribution in [0.25, 0.3) is 0 Å². The molecule has 0 amide bonds. The molecular formula is C8H12BrN3. The normalized spacial score (nSPS) is 10.7. The Morgan fingerprint density at radius 2 is 2.33 bits per heavy atom. The van der Waals surface area contributed by atoms with Crippen molar-refractivity contribution < 1.29 is 0 Å². The van der Waals surface area contributed by atoms with E-state index in [0.717, 1.165) is 12.2 Å². The van der Waals surface area contributed by atoms with E-state index < -0.39 is 0 Å². The Morgan fingerprint density at radius 1 is 1.58 bits per heavy atom. The van der Waals surface area contributed by atoms with Gasteiger partial charge in [-0.25, -0.2) is 9.97 Å². The molecular weight excluding hydrogens is 218 g/mol. The molecule has 0 spiro atoms. The van der Waals surface area contributed by atoms with E-state index in [-0.39, 0.29) is 0 Å². The van der Waals surface area contributed by atoms with Crippen LogP contribution in [0.2, 0.25) is 0 Å². The molecule has 1 rings (SSSR count). The van der Waals surface area contributed by atoms with Crippen molar-refractivity contribution in [2.45, 2.75) is 26.4 Å². The van der Waals surface area contributed by atoms with E-state index in [2.05, 4.69) is 45.1 Å². The van der Waals surface area contributed by atoms with Gasteiger partial charge >= 0.3 is 0 Å². The largest absolute Gasteiger partial charge is 0.309 e. The van der Waals surface area contributed by atoms with Crippen molar-refractivity contribution in [1.29, 1.82) is 0 Å². The Hall–Kier alpha value is -0.480. The lowest BCUT2D eigenvalue weighted by Crippen LogP contribution is -2.22. The number of aromatic nitrogens is 2. The van der Waals surface area contributed by atoms with Crippen molar-refractivity contribution in [3.05, 3.63) is 22.7 Å². The van der Waals surface area contributed by atoms with Gasteiger partial charge in [-0.3, -0.25) is 0 Å². The standard InChI is InChI=1S/C8H12BrN3/c1-6(2)11-5-7-3-4-10-8(9)12-7/h3-4,6,11H,5H2,1-2H3. The van der Waals surface area contributed by atoms with Gasteiger partial charge in [0.15, 0.2) is 4.73 Å². The fourth-order valence-electron chi connectivity index (χ4n) is 0.777. The second-order valence-corrected chi connectivity index (χ2v) is 3.56. The first-order chi connectivity index (χ1) is 5.68. The number of nitrogens with one attached hydrogen (secondary N) is 1. The summed E-state index contributed by atoms with van der Waals surface area (Å²) in [4.78, 5) is 8.13. The highest BCUT2D eigenvalue weighted by atomic mass is 79.9. The fraction of sp³-hybridized carbons (Fsp3) is 0.500. The first-order valence-electron chi connectivity index (χ1n) is 3.89. The maximum absolute atomic E-state index is 4.19. The summed E-state index contributed by atoms with van der Waals surface area (Å²) >= 11 is 3.22. The molecule has 0 radical (unpaired) electrons. The second kappa shape index (κ2) is 4.52. The van der Waals surface area contributed by atoms with Gasteiger partial charge in [-0.1, -0.05) is 13.8 Å². The first kappa shape index (κ1) is 9.61. The van der Waals surface area contributed by atoms with Crippen molar-refractivity contribution >= 4 is 15.9 Å². The van der Waals surface area contributed by atoms with Crippen molar-refractivity contribution in [2.24, 2.45) is 0 Å². The van der Waals surface area contributed by atoms with Crippen LogP contribution in [0, 0.1) is 0 Å². The predicted octanol–water partition coefficient (Wildman–Crippen LogP) is 1.74. The zero-order valence-electron chi connectivity index (χ0n) is 7.21. The molecule has 0 bridgehead atoms. The molecule has 3 nitrogen and oxygen atoms in total. The van der Waals surface area contributed by atoms with Crippen LogP contribution in [0.4, 0.5) is 0 Å². The molecule has 1 heterocycles. The van der Waals surface area contributed by atoms with Crippen LogP contribution >= 0.6 is 15.9 Å². The van der Waals surface area contributed by atoms with Gasteiger partial charge in [-0.15, -0.1) is 0 Å². The van der Waals surface area contributed by atoms with Crippen LogP contribution in [-0.2, 0) is 6.54 Å². The van der Waals surface area contributed by atoms with Gasteiger partial charge in [0.2, 0.25) is 0 Å². The SMILES string of the molecule is CC(C)NCc1ccnc(Br)n1. The Morgan fingerprint density at radius 3 is 2.92 bits per heavy atom. The van der Waals surface area contributed by atoms with Crippen LogP contribution in [0.1, 0.15) is 19.5 Å². The van der Waals surface area contributed by atoms with Crippen LogP contribution < -0.4 is 5.32 Å². The second-order valence-electron chi connectivity index (χ2n) is 2.85. The van der Waals surface area contributed by atoms with E-state index in [1.165, 1.54) is 0 Å². The zero-order chi connectivity index (χ0) is 8.97. The topological polar surface area (TPSA) is 37.8 Å². The Bertz CT molecular complexity index is 250. The minimum Gasteiger partial charge on any atom is -0.309 e. The molecule has 0 aliphatic carbocycles. The summed E-state index contributed by atoms with van der Waals surface area (Å²) in [6.45, 7) is 5.01. The number of hydrogen-bond donors (Lipinski definition) is 1. The van der Waals surface area contributed by atoms with E-state index in [1.54, 1.807) is 6.20 Å². The van der Waals surface area contributed by atoms with Gasteiger partial charge < -0.3 is 5.32 Å². The van der Waals surface area contributed by atoms with Gasteiger partial charge in [0.25, 0.3) is 0 Å². The molecule has 12 heavy (non-hydrogen) atoms. The third kappa shape index (κ3) is 3.28. The molecule has 0 aliphatic rings. The van der Waals surface area contributed by atoms with Crippen molar-refractivity contribution in [3.8, 4) is 0 Å². The highest BCUT2D eigenvalue weighted by Gasteiger charge is 1.96. The molecule has 0 atom stereocenters. The molecule has 1 aromatic heterocycles. The zero-order valence-corrected chi connectivity index (χ0v) is 8.80. The fourth-order valence-corrected chi connectivity index (χ4v) is 1.12. The summed E-state index contributed by atoms with van der Waals surface area (Å²) in [6, 6.07) is 2.39. The van der Waals surface area contributed by atoms with Crippen LogP contribution in [0.5, 0.6) is 0 Å². The maximum atomic E-state index is 4.19. The molecule has 1 N–H and O–H groups in total. The monoisotopic (exact) mass is 229 g/mol. The summed E-state index contributed by atoms with van der Waals surface area (Å²) in [6.07, 6.45) is 1.74. The lowest BCUT2D eigenvalue weighted by atomic mass is 10.3. The number of halogens is 1. The minimum absolute atomic E-state index is 0.485. The summed E-state index contributed by atoms with van der Waals surface area (Å²) in [7, 11) is 0. The van der Waals surface area contributed by atoms with Crippen molar-refractivity contribution in [3.63, 3.8) is 0 Å². The molecule has 0 aromatic carbocycles. The van der Waals surface area contributed by atoms with E-state index in [4.69, 9.17) is 0 Å². The Labute approximate surface area is 80.7 Å². The van der Waals surface area contributed by atoms with Crippen LogP contribution in [0.3, 0.4) is 0 Å². The Kier molecular flexibility index (Phi) is 3.62. The molecule has 0 aliphatic heterocycles. The minimum atomic E-state index is 0.485. The number of hydrogen-bond acceptors (Lipinski definition) is 3. The molecule has 0 fully saturated rings. The van der Waals surface area contributed by atoms with Crippen molar-refractivity contribution in [1.82, 2.24) is 15.3 Å². The summed E-state index contributed by atoms with van der Waals surface area (Å²) in [5.74, 6) is 0. The molecule has 0 unspecified atom stereocenters. The van der Waals surface area contributed by atoms with Crippen LogP contribution in [0.15, 0.2) is 17.0 Å². The smallest absolute Gasteiger partial charge is 0.196 e. The third-order valence-electron chi connectivity index (χ3n) is 1.38. The quantitative estimate of drug-likeness (QED) is 0.803. The molecule has 4 heteroatoms. The highest BCUT2D eigenvalue weighted by Crippen LogP contribution is 2.01. The Balaban J connectivity index is 2.52. The lowest BCUT2D eigenvalue weighted by Gasteiger charge is -2.06. The average Bonchev–Trinajstić information content (AvgIpc) is 2.01. The first-order valence-corrected chi connectivity index (χ1v) is 4.68. The summed E-state index contributed by atoms with van der Waals surface area (Å²) < 4.78 is 0.644. The lowest BCUT2D eigenvalue weighted by molar-refractivity contribution is 0.580. The molecule has 0 saturated heterocycles. The van der Waals surface area contributed by atoms with E-state index in [9.17, 15) is 0 Å². The van der Waals surface area contributed by atoms with E-state index in [1.807, 2.05) is 6.07 Å².